The van der Waals surface area contributed by atoms with Crippen LogP contribution < -0.4 is 0 Å². The van der Waals surface area contributed by atoms with Gasteiger partial charge in [-0.05, 0) is 112 Å². The van der Waals surface area contributed by atoms with Gasteiger partial charge in [-0.25, -0.2) is 9.97 Å². The molecule has 74 heavy (non-hydrogen) atoms. The van der Waals surface area contributed by atoms with Crippen molar-refractivity contribution in [1.29, 1.82) is 0 Å². The quantitative estimate of drug-likeness (QED) is 0.167. The molecule has 344 valence electrons. The third-order valence-electron chi connectivity index (χ3n) is 15.1. The molecule has 0 aliphatic carbocycles. The molecule has 11 aromatic carbocycles. The van der Waals surface area contributed by atoms with Gasteiger partial charge in [0.05, 0.1) is 33.1 Å². The van der Waals surface area contributed by atoms with E-state index in [2.05, 4.69) is 209 Å². The molecule has 16 aromatic rings. The van der Waals surface area contributed by atoms with Gasteiger partial charge in [0, 0.05) is 54.7 Å². The van der Waals surface area contributed by atoms with Crippen LogP contribution >= 0.6 is 0 Å². The summed E-state index contributed by atoms with van der Waals surface area (Å²) in [5.74, 6) is 0.647. The summed E-state index contributed by atoms with van der Waals surface area (Å²) in [5, 5.41) is 10.2. The highest BCUT2D eigenvalue weighted by Crippen LogP contribution is 2.46. The first-order valence-corrected chi connectivity index (χ1v) is 25.0. The van der Waals surface area contributed by atoms with E-state index in [4.69, 9.17) is 18.8 Å². The number of para-hydroxylation sites is 3. The van der Waals surface area contributed by atoms with Gasteiger partial charge in [-0.1, -0.05) is 158 Å². The Bertz CT molecular complexity index is 4950. The Kier molecular flexibility index (Phi) is 8.64. The molecule has 0 aliphatic heterocycles. The van der Waals surface area contributed by atoms with Gasteiger partial charge in [0.25, 0.3) is 0 Å². The largest absolute Gasteiger partial charge is 0.455 e. The second-order valence-electron chi connectivity index (χ2n) is 19.3. The lowest BCUT2D eigenvalue weighted by atomic mass is 9.99. The van der Waals surface area contributed by atoms with Gasteiger partial charge in [0.2, 0.25) is 0 Å². The van der Waals surface area contributed by atoms with E-state index in [9.17, 15) is 0 Å². The smallest absolute Gasteiger partial charge is 0.180 e. The topological polar surface area (TPSA) is 61.9 Å². The minimum absolute atomic E-state index is 0.647. The number of hydrogen-bond acceptors (Lipinski definition) is 4. The van der Waals surface area contributed by atoms with Crippen molar-refractivity contribution >= 4 is 98.4 Å². The fraction of sp³-hybridized carbons (Fsp3) is 0. The molecule has 0 radical (unpaired) electrons. The predicted octanol–water partition coefficient (Wildman–Crippen LogP) is 18.3. The van der Waals surface area contributed by atoms with Crippen molar-refractivity contribution in [2.45, 2.75) is 0 Å². The summed E-state index contributed by atoms with van der Waals surface area (Å²) in [4.78, 5) is 10.3. The molecule has 0 amide bonds. The number of hydrogen-bond donors (Lipinski definition) is 0. The molecule has 0 aliphatic rings. The summed E-state index contributed by atoms with van der Waals surface area (Å²) < 4.78 is 18.5. The zero-order chi connectivity index (χ0) is 48.4. The normalized spacial score (nSPS) is 12.1. The van der Waals surface area contributed by atoms with E-state index in [1.54, 1.807) is 0 Å². The van der Waals surface area contributed by atoms with Crippen molar-refractivity contribution in [2.75, 3.05) is 0 Å². The van der Waals surface area contributed by atoms with Crippen molar-refractivity contribution < 1.29 is 8.83 Å². The highest BCUT2D eigenvalue weighted by Gasteiger charge is 2.24. The highest BCUT2D eigenvalue weighted by atomic mass is 16.3. The van der Waals surface area contributed by atoms with Crippen LogP contribution in [0.2, 0.25) is 0 Å². The molecule has 5 aromatic heterocycles. The van der Waals surface area contributed by atoms with Gasteiger partial charge in [-0.15, -0.1) is 0 Å². The Labute approximate surface area is 423 Å². The van der Waals surface area contributed by atoms with E-state index in [1.807, 2.05) is 42.5 Å². The summed E-state index contributed by atoms with van der Waals surface area (Å²) in [6.07, 6.45) is 0. The highest BCUT2D eigenvalue weighted by molar-refractivity contribution is 6.20. The molecule has 0 atom stereocenters. The van der Waals surface area contributed by atoms with Crippen LogP contribution in [0.3, 0.4) is 0 Å². The molecule has 0 spiro atoms. The number of nitrogens with zero attached hydrogens (tertiary/aromatic N) is 4. The summed E-state index contributed by atoms with van der Waals surface area (Å²) in [6, 6.07) is 86.3. The van der Waals surface area contributed by atoms with Crippen LogP contribution in [0.1, 0.15) is 0 Å². The first kappa shape index (κ1) is 40.7. The molecule has 0 bridgehead atoms. The first-order chi connectivity index (χ1) is 36.7. The Morgan fingerprint density at radius 1 is 0.324 bits per heavy atom. The SMILES string of the molecule is c1ccc(-c2nc(-c3ccccc3)c3oc4ccc(-c5ccc(-n6c7ccc(-c8ccc9c(c8)c8ccccc8n9-c8ccccc8)cc7c7cc8ccccc8cc76)c6c5oc5ccccc56)cc4c3n2)cc1. The molecule has 5 heterocycles. The van der Waals surface area contributed by atoms with Gasteiger partial charge in [0.15, 0.2) is 11.4 Å². The molecule has 0 unspecified atom stereocenters. The molecule has 0 N–H and O–H groups in total. The van der Waals surface area contributed by atoms with Gasteiger partial charge in [-0.3, -0.25) is 0 Å². The number of rotatable bonds is 6. The van der Waals surface area contributed by atoms with E-state index in [-0.39, 0.29) is 0 Å². The second-order valence-corrected chi connectivity index (χ2v) is 19.3. The lowest BCUT2D eigenvalue weighted by molar-refractivity contribution is 0.667. The number of fused-ring (bicyclic) bond motifs is 13. The Morgan fingerprint density at radius 2 is 0.892 bits per heavy atom. The third kappa shape index (κ3) is 6.06. The van der Waals surface area contributed by atoms with Crippen molar-refractivity contribution in [1.82, 2.24) is 19.1 Å². The Balaban J connectivity index is 0.906. The minimum Gasteiger partial charge on any atom is -0.455 e. The predicted molar refractivity (Wildman–Crippen MR) is 305 cm³/mol. The number of furan rings is 2. The van der Waals surface area contributed by atoms with Crippen LogP contribution in [0.25, 0.3) is 155 Å². The lowest BCUT2D eigenvalue weighted by Crippen LogP contribution is -1.96. The summed E-state index contributed by atoms with van der Waals surface area (Å²) in [5.41, 5.74) is 17.6. The zero-order valence-corrected chi connectivity index (χ0v) is 39.7. The molecule has 6 nitrogen and oxygen atoms in total. The average molecular weight is 945 g/mol. The van der Waals surface area contributed by atoms with E-state index < -0.39 is 0 Å². The number of aromatic nitrogens is 4. The monoisotopic (exact) mass is 944 g/mol. The standard InChI is InChI=1S/C68H40N4O2/c1-4-16-41(17-5-1)64-67-65(70-68(69-64)42-18-6-2-7-19-42)55-39-47(30-35-62(55)74-67)49-31-34-59(63-51-25-13-15-27-61(51)73-66(49)63)72-58-33-29-46(38-53(58)54-36-43-20-10-11-21-44(43)40-60(54)72)45-28-32-57-52(37-45)50-24-12-14-26-56(50)71(57)48-22-8-3-9-23-48/h1-40H. The summed E-state index contributed by atoms with van der Waals surface area (Å²) >= 11 is 0. The first-order valence-electron chi connectivity index (χ1n) is 25.0. The molecule has 6 heteroatoms. The maximum Gasteiger partial charge on any atom is 0.180 e. The molecule has 0 saturated heterocycles. The van der Waals surface area contributed by atoms with Crippen molar-refractivity contribution in [3.05, 3.63) is 243 Å². The fourth-order valence-corrected chi connectivity index (χ4v) is 11.7. The summed E-state index contributed by atoms with van der Waals surface area (Å²) in [6.45, 7) is 0. The fourth-order valence-electron chi connectivity index (χ4n) is 11.7. The van der Waals surface area contributed by atoms with Crippen LogP contribution in [0.4, 0.5) is 0 Å². The molecule has 16 rings (SSSR count). The van der Waals surface area contributed by atoms with Crippen LogP contribution in [0, 0.1) is 0 Å². The Morgan fingerprint density at radius 3 is 1.68 bits per heavy atom. The molecular weight excluding hydrogens is 905 g/mol. The number of benzene rings is 11. The molecular formula is C68H40N4O2. The van der Waals surface area contributed by atoms with Crippen molar-refractivity contribution in [3.8, 4) is 56.3 Å². The third-order valence-corrected chi connectivity index (χ3v) is 15.1. The average Bonchev–Trinajstić information content (AvgIpc) is 4.22. The van der Waals surface area contributed by atoms with E-state index >= 15 is 0 Å². The summed E-state index contributed by atoms with van der Waals surface area (Å²) in [7, 11) is 0. The maximum atomic E-state index is 7.01. The molecule has 0 fully saturated rings. The van der Waals surface area contributed by atoms with Crippen LogP contribution in [0.15, 0.2) is 251 Å². The van der Waals surface area contributed by atoms with Gasteiger partial charge >= 0.3 is 0 Å². The van der Waals surface area contributed by atoms with E-state index in [1.165, 1.54) is 48.9 Å². The second kappa shape index (κ2) is 15.7. The van der Waals surface area contributed by atoms with Gasteiger partial charge < -0.3 is 18.0 Å². The zero-order valence-electron chi connectivity index (χ0n) is 39.7. The van der Waals surface area contributed by atoms with Gasteiger partial charge in [0.1, 0.15) is 28.0 Å². The van der Waals surface area contributed by atoms with Crippen molar-refractivity contribution in [3.63, 3.8) is 0 Å². The van der Waals surface area contributed by atoms with Gasteiger partial charge in [-0.2, -0.15) is 0 Å². The Hall–Kier alpha value is -10.0. The van der Waals surface area contributed by atoms with Crippen LogP contribution in [0.5, 0.6) is 0 Å². The van der Waals surface area contributed by atoms with Crippen LogP contribution in [-0.4, -0.2) is 19.1 Å². The minimum atomic E-state index is 0.647. The van der Waals surface area contributed by atoms with Crippen LogP contribution in [-0.2, 0) is 0 Å². The lowest BCUT2D eigenvalue weighted by Gasteiger charge is -2.13. The van der Waals surface area contributed by atoms with E-state index in [0.717, 1.165) is 94.3 Å². The van der Waals surface area contributed by atoms with E-state index in [0.29, 0.717) is 11.4 Å². The maximum absolute atomic E-state index is 7.01. The van der Waals surface area contributed by atoms with Crippen molar-refractivity contribution in [2.24, 2.45) is 0 Å². The molecule has 0 saturated carbocycles.